The van der Waals surface area contributed by atoms with Gasteiger partial charge in [-0.3, -0.25) is 0 Å². The molecular weight excluding hydrogens is 591 g/mol. The van der Waals surface area contributed by atoms with Crippen molar-refractivity contribution in [2.24, 2.45) is 0 Å². The van der Waals surface area contributed by atoms with Gasteiger partial charge in [0, 0.05) is 27.3 Å². The van der Waals surface area contributed by atoms with Crippen LogP contribution >= 0.6 is 0 Å². The lowest BCUT2D eigenvalue weighted by Gasteiger charge is -2.30. The fourth-order valence-corrected chi connectivity index (χ4v) is 7.92. The number of rotatable bonds is 2. The average molecular weight is 638 g/mol. The first-order valence-electron chi connectivity index (χ1n) is 17.5. The second-order valence-corrected chi connectivity index (χ2v) is 13.4. The summed E-state index contributed by atoms with van der Waals surface area (Å²) in [6.45, 7) is 20.3. The number of benzene rings is 6. The van der Waals surface area contributed by atoms with Gasteiger partial charge in [-0.1, -0.05) is 182 Å². The molecule has 7 aromatic rings. The third-order valence-corrected chi connectivity index (χ3v) is 10.00. The lowest BCUT2D eigenvalue weighted by atomic mass is 9.72. The van der Waals surface area contributed by atoms with Crippen LogP contribution in [-0.4, -0.2) is 4.57 Å². The molecule has 244 valence electrons. The molecule has 2 aliphatic carbocycles. The van der Waals surface area contributed by atoms with Crippen LogP contribution in [0.4, 0.5) is 0 Å². The maximum Gasteiger partial charge on any atom is 0.0541 e. The Bertz CT molecular complexity index is 2130. The molecule has 1 heteroatoms. The Balaban J connectivity index is 0.000000150. The van der Waals surface area contributed by atoms with E-state index in [1.54, 1.807) is 12.2 Å². The summed E-state index contributed by atoms with van der Waals surface area (Å²) in [6, 6.07) is 50.2. The van der Waals surface area contributed by atoms with E-state index in [0.717, 1.165) is 0 Å². The van der Waals surface area contributed by atoms with Crippen molar-refractivity contribution in [2.75, 3.05) is 0 Å². The summed E-state index contributed by atoms with van der Waals surface area (Å²) >= 11 is 0. The Morgan fingerprint density at radius 3 is 1.22 bits per heavy atom. The quantitative estimate of drug-likeness (QED) is 0.166. The van der Waals surface area contributed by atoms with Crippen LogP contribution in [0.1, 0.15) is 63.8 Å². The number of allylic oxidation sites excluding steroid dienone is 2. The number of para-hydroxylation sites is 3. The van der Waals surface area contributed by atoms with Gasteiger partial charge in [0.25, 0.3) is 0 Å². The zero-order valence-corrected chi connectivity index (χ0v) is 29.8. The molecule has 1 heterocycles. The summed E-state index contributed by atoms with van der Waals surface area (Å²) in [5.41, 5.74) is 15.5. The van der Waals surface area contributed by atoms with Gasteiger partial charge >= 0.3 is 0 Å². The normalized spacial score (nSPS) is 13.6. The van der Waals surface area contributed by atoms with E-state index in [1.165, 1.54) is 72.0 Å². The Morgan fingerprint density at radius 1 is 0.429 bits per heavy atom. The van der Waals surface area contributed by atoms with Crippen molar-refractivity contribution in [2.45, 2.75) is 52.4 Å². The summed E-state index contributed by atoms with van der Waals surface area (Å²) in [7, 11) is 0. The van der Waals surface area contributed by atoms with Crippen LogP contribution in [0.3, 0.4) is 0 Å². The standard InChI is InChI=1S/C24H22.C18H13N.C4H6.C2H6/c1-23(2)19-11-7-5-9-15(19)17-13-14-18-16-10-6-8-12-20(16)24(3,4)22(18)21(17)23;1-2-8-14(9-3-1)19-17-12-6-4-10-15(17)16-11-5-7-13-18(16)19;1-3-4-2;1-2/h5-14H,1-4H3;1-13H;3-4H,1-2H2;1-2H3. The highest BCUT2D eigenvalue weighted by molar-refractivity contribution is 6.09. The van der Waals surface area contributed by atoms with Crippen molar-refractivity contribution in [1.82, 2.24) is 4.57 Å². The number of fused-ring (bicyclic) bond motifs is 10. The third kappa shape index (κ3) is 5.54. The van der Waals surface area contributed by atoms with Gasteiger partial charge in [0.1, 0.15) is 0 Å². The van der Waals surface area contributed by atoms with Gasteiger partial charge in [0.05, 0.1) is 11.0 Å². The first-order valence-corrected chi connectivity index (χ1v) is 17.5. The van der Waals surface area contributed by atoms with Gasteiger partial charge in [-0.2, -0.15) is 0 Å². The van der Waals surface area contributed by atoms with E-state index < -0.39 is 0 Å². The topological polar surface area (TPSA) is 4.93 Å². The van der Waals surface area contributed by atoms with Crippen LogP contribution in [0.25, 0.3) is 49.7 Å². The molecule has 1 aromatic heterocycles. The van der Waals surface area contributed by atoms with Crippen molar-refractivity contribution in [3.8, 4) is 27.9 Å². The molecule has 1 nitrogen and oxygen atoms in total. The molecule has 2 aliphatic rings. The fourth-order valence-electron chi connectivity index (χ4n) is 7.92. The second-order valence-electron chi connectivity index (χ2n) is 13.4. The Labute approximate surface area is 292 Å². The Kier molecular flexibility index (Phi) is 9.30. The van der Waals surface area contributed by atoms with E-state index in [-0.39, 0.29) is 10.8 Å². The maximum absolute atomic E-state index is 3.36. The molecule has 0 amide bonds. The lowest BCUT2D eigenvalue weighted by Crippen LogP contribution is -2.24. The molecule has 0 unspecified atom stereocenters. The van der Waals surface area contributed by atoms with E-state index in [1.807, 2.05) is 13.8 Å². The zero-order valence-electron chi connectivity index (χ0n) is 29.8. The van der Waals surface area contributed by atoms with Crippen molar-refractivity contribution in [3.05, 3.63) is 187 Å². The summed E-state index contributed by atoms with van der Waals surface area (Å²) in [5, 5.41) is 2.61. The lowest BCUT2D eigenvalue weighted by molar-refractivity contribution is 0.601. The molecule has 0 atom stereocenters. The highest BCUT2D eigenvalue weighted by Crippen LogP contribution is 2.58. The fraction of sp³-hybridized carbons (Fsp3) is 0.167. The van der Waals surface area contributed by atoms with E-state index >= 15 is 0 Å². The van der Waals surface area contributed by atoms with Gasteiger partial charge in [0.15, 0.2) is 0 Å². The first kappa shape index (κ1) is 33.5. The molecule has 0 radical (unpaired) electrons. The molecule has 49 heavy (non-hydrogen) atoms. The monoisotopic (exact) mass is 637 g/mol. The van der Waals surface area contributed by atoms with Crippen molar-refractivity contribution in [1.29, 1.82) is 0 Å². The van der Waals surface area contributed by atoms with E-state index in [9.17, 15) is 0 Å². The van der Waals surface area contributed by atoms with Gasteiger partial charge in [-0.25, -0.2) is 0 Å². The van der Waals surface area contributed by atoms with Gasteiger partial charge in [0.2, 0.25) is 0 Å². The molecule has 0 aliphatic heterocycles. The zero-order chi connectivity index (χ0) is 34.8. The summed E-state index contributed by atoms with van der Waals surface area (Å²) < 4.78 is 2.32. The van der Waals surface area contributed by atoms with E-state index in [0.29, 0.717) is 0 Å². The van der Waals surface area contributed by atoms with Gasteiger partial charge in [-0.15, -0.1) is 0 Å². The molecule has 9 rings (SSSR count). The van der Waals surface area contributed by atoms with Crippen molar-refractivity contribution in [3.63, 3.8) is 0 Å². The summed E-state index contributed by atoms with van der Waals surface area (Å²) in [5.74, 6) is 0. The number of aromatic nitrogens is 1. The van der Waals surface area contributed by atoms with E-state index in [2.05, 4.69) is 185 Å². The van der Waals surface area contributed by atoms with Crippen molar-refractivity contribution < 1.29 is 0 Å². The van der Waals surface area contributed by atoms with Crippen LogP contribution in [0.5, 0.6) is 0 Å². The highest BCUT2D eigenvalue weighted by atomic mass is 15.0. The molecule has 0 saturated carbocycles. The minimum absolute atomic E-state index is 0.0522. The summed E-state index contributed by atoms with van der Waals surface area (Å²) in [6.07, 6.45) is 3.28. The largest absolute Gasteiger partial charge is 0.309 e. The minimum atomic E-state index is 0.0522. The smallest absolute Gasteiger partial charge is 0.0541 e. The van der Waals surface area contributed by atoms with Crippen molar-refractivity contribution >= 4 is 21.8 Å². The number of hydrogen-bond acceptors (Lipinski definition) is 0. The van der Waals surface area contributed by atoms with E-state index in [4.69, 9.17) is 0 Å². The van der Waals surface area contributed by atoms with Gasteiger partial charge < -0.3 is 4.57 Å². The third-order valence-electron chi connectivity index (χ3n) is 10.00. The second kappa shape index (κ2) is 13.6. The Hall–Kier alpha value is -5.40. The van der Waals surface area contributed by atoms with Crippen LogP contribution < -0.4 is 0 Å². The van der Waals surface area contributed by atoms with Crippen LogP contribution in [0.2, 0.25) is 0 Å². The molecule has 0 bridgehead atoms. The molecule has 6 aromatic carbocycles. The molecule has 0 N–H and O–H groups in total. The van der Waals surface area contributed by atoms with Crippen LogP contribution in [-0.2, 0) is 10.8 Å². The summed E-state index contributed by atoms with van der Waals surface area (Å²) in [4.78, 5) is 0. The Morgan fingerprint density at radius 2 is 0.796 bits per heavy atom. The number of hydrogen-bond donors (Lipinski definition) is 0. The first-order chi connectivity index (χ1) is 23.8. The molecule has 0 saturated heterocycles. The minimum Gasteiger partial charge on any atom is -0.309 e. The maximum atomic E-state index is 3.36. The molecular formula is C48H47N. The molecule has 0 spiro atoms. The number of nitrogens with zero attached hydrogens (tertiary/aromatic N) is 1. The van der Waals surface area contributed by atoms with Gasteiger partial charge in [-0.05, 0) is 68.8 Å². The predicted molar refractivity (Wildman–Crippen MR) is 214 cm³/mol. The average Bonchev–Trinajstić information content (AvgIpc) is 3.70. The molecule has 0 fully saturated rings. The van der Waals surface area contributed by atoms with Crippen LogP contribution in [0, 0.1) is 0 Å². The SMILES string of the molecule is C=CC=C.CC.CC1(C)c2ccccc2-c2ccc3c(c21)C(C)(C)c1ccccc1-3.c1ccc(-n2c3ccccc3c3ccccc32)cc1. The van der Waals surface area contributed by atoms with Crippen LogP contribution in [0.15, 0.2) is 165 Å². The highest BCUT2D eigenvalue weighted by Gasteiger charge is 2.45. The predicted octanol–water partition coefficient (Wildman–Crippen LogP) is 13.5.